The van der Waals surface area contributed by atoms with Crippen molar-refractivity contribution in [3.8, 4) is 0 Å². The van der Waals surface area contributed by atoms with Crippen LogP contribution in [0.2, 0.25) is 0 Å². The maximum absolute atomic E-state index is 5.89. The lowest BCUT2D eigenvalue weighted by atomic mass is 10.1. The summed E-state index contributed by atoms with van der Waals surface area (Å²) >= 11 is 5.89. The molecule has 52 valence electrons. The second-order valence-electron chi connectivity index (χ2n) is 2.77. The van der Waals surface area contributed by atoms with Gasteiger partial charge >= 0.3 is 0 Å². The minimum atomic E-state index is 0.405. The number of hydrogen-bond acceptors (Lipinski definition) is 0. The van der Waals surface area contributed by atoms with Gasteiger partial charge in [-0.05, 0) is 12.0 Å². The van der Waals surface area contributed by atoms with Crippen LogP contribution in [0.4, 0.5) is 0 Å². The molecule has 2 rings (SSSR count). The van der Waals surface area contributed by atoms with E-state index >= 15 is 0 Å². The first kappa shape index (κ1) is 6.23. The van der Waals surface area contributed by atoms with E-state index in [1.54, 1.807) is 0 Å². The summed E-state index contributed by atoms with van der Waals surface area (Å²) in [6.07, 6.45) is 1.16. The van der Waals surface area contributed by atoms with E-state index in [1.165, 1.54) is 5.56 Å². The number of rotatable bonds is 1. The van der Waals surface area contributed by atoms with Crippen LogP contribution in [0, 0.1) is 0 Å². The molecule has 0 aromatic heterocycles. The fraction of sp³-hybridized carbons (Fsp3) is 0.333. The summed E-state index contributed by atoms with van der Waals surface area (Å²) in [4.78, 5) is 0. The van der Waals surface area contributed by atoms with Crippen LogP contribution in [0.15, 0.2) is 30.3 Å². The summed E-state index contributed by atoms with van der Waals surface area (Å²) in [6.45, 7) is 0. The van der Waals surface area contributed by atoms with Gasteiger partial charge in [-0.1, -0.05) is 30.3 Å². The van der Waals surface area contributed by atoms with E-state index < -0.39 is 0 Å². The van der Waals surface area contributed by atoms with Crippen molar-refractivity contribution in [2.75, 3.05) is 0 Å². The van der Waals surface area contributed by atoms with E-state index in [1.807, 2.05) is 6.07 Å². The van der Waals surface area contributed by atoms with Crippen molar-refractivity contribution in [3.63, 3.8) is 0 Å². The molecule has 0 spiro atoms. The van der Waals surface area contributed by atoms with Crippen molar-refractivity contribution < 1.29 is 0 Å². The van der Waals surface area contributed by atoms with E-state index in [0.29, 0.717) is 11.3 Å². The largest absolute Gasteiger partial charge is 0.122 e. The highest BCUT2D eigenvalue weighted by atomic mass is 35.5. The second-order valence-corrected chi connectivity index (χ2v) is 3.33. The van der Waals surface area contributed by atoms with Gasteiger partial charge in [0.05, 0.1) is 0 Å². The van der Waals surface area contributed by atoms with Gasteiger partial charge in [-0.2, -0.15) is 0 Å². The first-order valence-corrected chi connectivity index (χ1v) is 4.00. The molecule has 1 aliphatic rings. The molecule has 10 heavy (non-hydrogen) atoms. The van der Waals surface area contributed by atoms with Gasteiger partial charge < -0.3 is 0 Å². The Hall–Kier alpha value is -0.490. The predicted molar refractivity (Wildman–Crippen MR) is 43.4 cm³/mol. The summed E-state index contributed by atoms with van der Waals surface area (Å²) in [6, 6.07) is 10.5. The molecule has 0 bridgehead atoms. The molecular formula is C9H9Cl. The van der Waals surface area contributed by atoms with Gasteiger partial charge in [0, 0.05) is 11.3 Å². The summed E-state index contributed by atoms with van der Waals surface area (Å²) < 4.78 is 0. The van der Waals surface area contributed by atoms with Gasteiger partial charge in [0.1, 0.15) is 0 Å². The number of halogens is 1. The van der Waals surface area contributed by atoms with Gasteiger partial charge in [0.25, 0.3) is 0 Å². The Morgan fingerprint density at radius 2 is 1.80 bits per heavy atom. The van der Waals surface area contributed by atoms with Gasteiger partial charge in [-0.15, -0.1) is 11.6 Å². The molecule has 0 nitrogen and oxygen atoms in total. The van der Waals surface area contributed by atoms with Crippen molar-refractivity contribution in [1.29, 1.82) is 0 Å². The summed E-state index contributed by atoms with van der Waals surface area (Å²) in [5, 5.41) is 0.405. The van der Waals surface area contributed by atoms with Crippen molar-refractivity contribution in [3.05, 3.63) is 35.9 Å². The van der Waals surface area contributed by atoms with Crippen LogP contribution >= 0.6 is 11.6 Å². The molecule has 0 heterocycles. The number of benzene rings is 1. The maximum atomic E-state index is 5.89. The summed E-state index contributed by atoms with van der Waals surface area (Å²) in [5.74, 6) is 0.642. The van der Waals surface area contributed by atoms with E-state index in [-0.39, 0.29) is 0 Å². The monoisotopic (exact) mass is 152 g/mol. The Balaban J connectivity index is 2.20. The molecule has 0 radical (unpaired) electrons. The first-order valence-electron chi connectivity index (χ1n) is 3.57. The van der Waals surface area contributed by atoms with Crippen molar-refractivity contribution in [2.24, 2.45) is 0 Å². The Morgan fingerprint density at radius 3 is 2.30 bits per heavy atom. The minimum absolute atomic E-state index is 0.405. The highest BCUT2D eigenvalue weighted by molar-refractivity contribution is 6.23. The minimum Gasteiger partial charge on any atom is -0.122 e. The van der Waals surface area contributed by atoms with Crippen molar-refractivity contribution in [1.82, 2.24) is 0 Å². The average molecular weight is 153 g/mol. The molecule has 0 N–H and O–H groups in total. The molecule has 1 heteroatoms. The molecule has 1 aromatic rings. The molecule has 1 aliphatic carbocycles. The predicted octanol–water partition coefficient (Wildman–Crippen LogP) is 2.78. The fourth-order valence-electron chi connectivity index (χ4n) is 1.21. The van der Waals surface area contributed by atoms with Crippen LogP contribution in [-0.2, 0) is 0 Å². The van der Waals surface area contributed by atoms with Crippen LogP contribution in [0.5, 0.6) is 0 Å². The average Bonchev–Trinajstić information content (AvgIpc) is 2.69. The molecular weight excluding hydrogens is 144 g/mol. The standard InChI is InChI=1S/C9H9Cl/c10-9-6-8(9)7-4-2-1-3-5-7/h1-5,8-9H,6H2/t8?,9-/m0/s1. The lowest BCUT2D eigenvalue weighted by Gasteiger charge is -1.93. The van der Waals surface area contributed by atoms with Crippen LogP contribution in [0.3, 0.4) is 0 Å². The molecule has 0 aliphatic heterocycles. The first-order chi connectivity index (χ1) is 4.88. The zero-order valence-corrected chi connectivity index (χ0v) is 6.38. The van der Waals surface area contributed by atoms with Gasteiger partial charge in [-0.3, -0.25) is 0 Å². The van der Waals surface area contributed by atoms with Crippen molar-refractivity contribution in [2.45, 2.75) is 17.7 Å². The van der Waals surface area contributed by atoms with Gasteiger partial charge in [-0.25, -0.2) is 0 Å². The van der Waals surface area contributed by atoms with Crippen LogP contribution in [0.25, 0.3) is 0 Å². The fourth-order valence-corrected chi connectivity index (χ4v) is 1.55. The number of hydrogen-bond donors (Lipinski definition) is 0. The molecule has 1 aromatic carbocycles. The number of alkyl halides is 1. The highest BCUT2D eigenvalue weighted by Crippen LogP contribution is 2.44. The van der Waals surface area contributed by atoms with E-state index in [9.17, 15) is 0 Å². The molecule has 2 atom stereocenters. The molecule has 0 saturated heterocycles. The quantitative estimate of drug-likeness (QED) is 0.543. The molecule has 0 amide bonds. The summed E-state index contributed by atoms with van der Waals surface area (Å²) in [5.41, 5.74) is 1.39. The zero-order chi connectivity index (χ0) is 6.97. The molecule has 1 saturated carbocycles. The zero-order valence-electron chi connectivity index (χ0n) is 5.63. The van der Waals surface area contributed by atoms with Crippen LogP contribution < -0.4 is 0 Å². The van der Waals surface area contributed by atoms with Gasteiger partial charge in [0.2, 0.25) is 0 Å². The topological polar surface area (TPSA) is 0 Å². The SMILES string of the molecule is Cl[C@H]1CC1c1ccccc1. The third kappa shape index (κ3) is 1.04. The smallest absolute Gasteiger partial charge is 0.0411 e. The van der Waals surface area contributed by atoms with E-state index in [2.05, 4.69) is 24.3 Å². The highest BCUT2D eigenvalue weighted by Gasteiger charge is 2.35. The maximum Gasteiger partial charge on any atom is 0.0411 e. The lowest BCUT2D eigenvalue weighted by Crippen LogP contribution is -1.78. The van der Waals surface area contributed by atoms with Crippen LogP contribution in [-0.4, -0.2) is 5.38 Å². The van der Waals surface area contributed by atoms with Crippen molar-refractivity contribution >= 4 is 11.6 Å². The Kier molecular flexibility index (Phi) is 1.42. The molecule has 1 fully saturated rings. The van der Waals surface area contributed by atoms with E-state index in [4.69, 9.17) is 11.6 Å². The Morgan fingerprint density at radius 1 is 1.20 bits per heavy atom. The third-order valence-electron chi connectivity index (χ3n) is 1.94. The Bertz CT molecular complexity index is 217. The summed E-state index contributed by atoms with van der Waals surface area (Å²) in [7, 11) is 0. The van der Waals surface area contributed by atoms with E-state index in [0.717, 1.165) is 6.42 Å². The van der Waals surface area contributed by atoms with Gasteiger partial charge in [0.15, 0.2) is 0 Å². The molecule has 1 unspecified atom stereocenters. The third-order valence-corrected chi connectivity index (χ3v) is 2.42. The second kappa shape index (κ2) is 2.28. The normalized spacial score (nSPS) is 30.1. The lowest BCUT2D eigenvalue weighted by molar-refractivity contribution is 1.13. The van der Waals surface area contributed by atoms with Crippen LogP contribution in [0.1, 0.15) is 17.9 Å². The Labute approximate surface area is 65.8 Å².